The minimum Gasteiger partial charge on any atom is -0.497 e. The van der Waals surface area contributed by atoms with Crippen molar-refractivity contribution in [2.24, 2.45) is 0 Å². The van der Waals surface area contributed by atoms with Gasteiger partial charge in [0, 0.05) is 6.04 Å². The highest BCUT2D eigenvalue weighted by atomic mass is 16.5. The van der Waals surface area contributed by atoms with E-state index in [-0.39, 0.29) is 0 Å². The van der Waals surface area contributed by atoms with Crippen LogP contribution >= 0.6 is 0 Å². The van der Waals surface area contributed by atoms with Gasteiger partial charge in [-0.3, -0.25) is 0 Å². The first-order chi connectivity index (χ1) is 9.78. The number of fused-ring (bicyclic) bond motifs is 1. The molecule has 0 saturated carbocycles. The van der Waals surface area contributed by atoms with Crippen molar-refractivity contribution in [3.05, 3.63) is 29.3 Å². The van der Waals surface area contributed by atoms with Crippen LogP contribution in [0.1, 0.15) is 50.7 Å². The Morgan fingerprint density at radius 3 is 2.55 bits per heavy atom. The maximum atomic E-state index is 5.40. The second kappa shape index (κ2) is 7.68. The third kappa shape index (κ3) is 3.76. The quantitative estimate of drug-likeness (QED) is 0.726. The first-order valence-electron chi connectivity index (χ1n) is 8.18. The van der Waals surface area contributed by atoms with Gasteiger partial charge in [-0.25, -0.2) is 0 Å². The molecule has 112 valence electrons. The Morgan fingerprint density at radius 2 is 1.90 bits per heavy atom. The summed E-state index contributed by atoms with van der Waals surface area (Å²) in [4.78, 5) is 2.70. The Labute approximate surface area is 124 Å². The number of hydrogen-bond acceptors (Lipinski definition) is 2. The van der Waals surface area contributed by atoms with E-state index in [9.17, 15) is 0 Å². The zero-order chi connectivity index (χ0) is 14.4. The molecule has 2 heteroatoms. The molecule has 1 aromatic carbocycles. The third-order valence-electron chi connectivity index (χ3n) is 4.39. The average molecular weight is 275 g/mol. The summed E-state index contributed by atoms with van der Waals surface area (Å²) >= 11 is 0. The van der Waals surface area contributed by atoms with Crippen LogP contribution in [0.2, 0.25) is 0 Å². The van der Waals surface area contributed by atoms with E-state index in [0.717, 1.165) is 5.75 Å². The summed E-state index contributed by atoms with van der Waals surface area (Å²) in [5.41, 5.74) is 3.03. The lowest BCUT2D eigenvalue weighted by Gasteiger charge is -2.30. The number of methoxy groups -OCH3 is 1. The molecule has 0 bridgehead atoms. The minimum absolute atomic E-state index is 0.711. The number of aryl methyl sites for hydroxylation is 1. The van der Waals surface area contributed by atoms with Crippen LogP contribution in [0.4, 0.5) is 0 Å². The van der Waals surface area contributed by atoms with Crippen LogP contribution in [0.25, 0.3) is 0 Å². The molecule has 1 aromatic rings. The van der Waals surface area contributed by atoms with E-state index in [1.807, 2.05) is 0 Å². The van der Waals surface area contributed by atoms with E-state index in [1.165, 1.54) is 62.7 Å². The van der Waals surface area contributed by atoms with Crippen LogP contribution < -0.4 is 4.74 Å². The maximum Gasteiger partial charge on any atom is 0.119 e. The molecule has 2 nitrogen and oxygen atoms in total. The minimum atomic E-state index is 0.711. The largest absolute Gasteiger partial charge is 0.497 e. The molecule has 0 aliphatic heterocycles. The third-order valence-corrected chi connectivity index (χ3v) is 4.39. The van der Waals surface area contributed by atoms with Crippen molar-refractivity contribution in [2.45, 2.75) is 58.4 Å². The van der Waals surface area contributed by atoms with Gasteiger partial charge < -0.3 is 9.64 Å². The van der Waals surface area contributed by atoms with Crippen molar-refractivity contribution < 1.29 is 4.74 Å². The summed E-state index contributed by atoms with van der Waals surface area (Å²) in [5, 5.41) is 0. The van der Waals surface area contributed by atoms with Gasteiger partial charge in [0.2, 0.25) is 0 Å². The van der Waals surface area contributed by atoms with Crippen molar-refractivity contribution in [1.29, 1.82) is 0 Å². The molecule has 0 saturated heterocycles. The molecule has 0 N–H and O–H groups in total. The smallest absolute Gasteiger partial charge is 0.119 e. The van der Waals surface area contributed by atoms with Gasteiger partial charge in [0.25, 0.3) is 0 Å². The lowest BCUT2D eigenvalue weighted by molar-refractivity contribution is 0.185. The van der Waals surface area contributed by atoms with Crippen molar-refractivity contribution in [2.75, 3.05) is 20.2 Å². The van der Waals surface area contributed by atoms with Gasteiger partial charge in [0.15, 0.2) is 0 Å². The fourth-order valence-electron chi connectivity index (χ4n) is 3.41. The standard InChI is InChI=1S/C18H29NO/c1-4-11-19(12-5-2)17-8-6-7-15-9-10-18(20-3)14-16(15)13-17/h9-10,14,17H,4-8,11-13H2,1-3H3/t17-/m0/s1. The van der Waals surface area contributed by atoms with Gasteiger partial charge in [-0.05, 0) is 74.9 Å². The van der Waals surface area contributed by atoms with E-state index in [0.29, 0.717) is 6.04 Å². The second-order valence-corrected chi connectivity index (χ2v) is 5.92. The topological polar surface area (TPSA) is 12.5 Å². The Kier molecular flexibility index (Phi) is 5.90. The van der Waals surface area contributed by atoms with Gasteiger partial charge in [-0.15, -0.1) is 0 Å². The Bertz CT molecular complexity index is 410. The summed E-state index contributed by atoms with van der Waals surface area (Å²) in [6, 6.07) is 7.34. The molecule has 0 aromatic heterocycles. The predicted molar refractivity (Wildman–Crippen MR) is 85.6 cm³/mol. The highest BCUT2D eigenvalue weighted by Crippen LogP contribution is 2.27. The van der Waals surface area contributed by atoms with Crippen LogP contribution in [0.15, 0.2) is 18.2 Å². The lowest BCUT2D eigenvalue weighted by Crippen LogP contribution is -2.37. The van der Waals surface area contributed by atoms with Gasteiger partial charge in [0.1, 0.15) is 5.75 Å². The molecule has 0 spiro atoms. The summed E-state index contributed by atoms with van der Waals surface area (Å²) in [6.45, 7) is 7.04. The molecule has 1 aliphatic rings. The Balaban J connectivity index is 2.16. The molecule has 0 unspecified atom stereocenters. The monoisotopic (exact) mass is 275 g/mol. The lowest BCUT2D eigenvalue weighted by atomic mass is 10.0. The first-order valence-corrected chi connectivity index (χ1v) is 8.18. The van der Waals surface area contributed by atoms with Crippen molar-refractivity contribution >= 4 is 0 Å². The van der Waals surface area contributed by atoms with E-state index >= 15 is 0 Å². The molecule has 20 heavy (non-hydrogen) atoms. The zero-order valence-corrected chi connectivity index (χ0v) is 13.3. The van der Waals surface area contributed by atoms with Crippen molar-refractivity contribution in [3.8, 4) is 5.75 Å². The van der Waals surface area contributed by atoms with Crippen LogP contribution in [-0.2, 0) is 12.8 Å². The molecule has 0 radical (unpaired) electrons. The van der Waals surface area contributed by atoms with Gasteiger partial charge in [-0.1, -0.05) is 19.9 Å². The number of benzene rings is 1. The number of hydrogen-bond donors (Lipinski definition) is 0. The van der Waals surface area contributed by atoms with Crippen LogP contribution in [0, 0.1) is 0 Å². The molecule has 0 fully saturated rings. The fourth-order valence-corrected chi connectivity index (χ4v) is 3.41. The van der Waals surface area contributed by atoms with Gasteiger partial charge >= 0.3 is 0 Å². The van der Waals surface area contributed by atoms with E-state index in [1.54, 1.807) is 7.11 Å². The fraction of sp³-hybridized carbons (Fsp3) is 0.667. The van der Waals surface area contributed by atoms with Gasteiger partial charge in [0.05, 0.1) is 7.11 Å². The number of ether oxygens (including phenoxy) is 1. The van der Waals surface area contributed by atoms with Crippen molar-refractivity contribution in [3.63, 3.8) is 0 Å². The molecule has 0 amide bonds. The van der Waals surface area contributed by atoms with Crippen LogP contribution in [0.5, 0.6) is 5.75 Å². The molecule has 1 aliphatic carbocycles. The summed E-state index contributed by atoms with van der Waals surface area (Å²) < 4.78 is 5.40. The van der Waals surface area contributed by atoms with Crippen LogP contribution in [0.3, 0.4) is 0 Å². The molecular weight excluding hydrogens is 246 g/mol. The SMILES string of the molecule is CCCN(CCC)[C@H]1CCCc2ccc(OC)cc2C1. The second-order valence-electron chi connectivity index (χ2n) is 5.92. The van der Waals surface area contributed by atoms with Gasteiger partial charge in [-0.2, -0.15) is 0 Å². The zero-order valence-electron chi connectivity index (χ0n) is 13.3. The number of nitrogens with zero attached hydrogens (tertiary/aromatic N) is 1. The Hall–Kier alpha value is -1.02. The predicted octanol–water partition coefficient (Wildman–Crippen LogP) is 4.06. The highest BCUT2D eigenvalue weighted by molar-refractivity contribution is 5.37. The van der Waals surface area contributed by atoms with Crippen LogP contribution in [-0.4, -0.2) is 31.1 Å². The maximum absolute atomic E-state index is 5.40. The normalized spacial score (nSPS) is 18.7. The molecule has 2 rings (SSSR count). The summed E-state index contributed by atoms with van der Waals surface area (Å²) in [7, 11) is 1.76. The van der Waals surface area contributed by atoms with E-state index in [4.69, 9.17) is 4.74 Å². The average Bonchev–Trinajstić information content (AvgIpc) is 2.68. The summed E-state index contributed by atoms with van der Waals surface area (Å²) in [6.07, 6.45) is 7.56. The summed E-state index contributed by atoms with van der Waals surface area (Å²) in [5.74, 6) is 1.00. The number of rotatable bonds is 6. The molecule has 1 atom stereocenters. The van der Waals surface area contributed by atoms with Crippen molar-refractivity contribution in [1.82, 2.24) is 4.90 Å². The van der Waals surface area contributed by atoms with E-state index < -0.39 is 0 Å². The van der Waals surface area contributed by atoms with E-state index in [2.05, 4.69) is 36.9 Å². The first kappa shape index (κ1) is 15.4. The molecular formula is C18H29NO. The highest BCUT2D eigenvalue weighted by Gasteiger charge is 2.22. The Morgan fingerprint density at radius 1 is 1.15 bits per heavy atom. The molecule has 0 heterocycles.